The molecule has 8 nitrogen and oxygen atoms in total. The standard InChI is InChI=1S/C20H32N2O6/c1-13(2)9-21-11-15(7-17(21)23)19(25)27-5-6-28-20(26)16-8-18(24)22(12-16)10-14(3)4/h13-16H,5-12H2,1-4H3. The van der Waals surface area contributed by atoms with E-state index in [1.807, 2.05) is 27.7 Å². The molecule has 0 aliphatic carbocycles. The van der Waals surface area contributed by atoms with Crippen molar-refractivity contribution in [1.29, 1.82) is 0 Å². The van der Waals surface area contributed by atoms with E-state index in [0.717, 1.165) is 0 Å². The van der Waals surface area contributed by atoms with E-state index in [-0.39, 0.29) is 37.9 Å². The van der Waals surface area contributed by atoms with E-state index in [4.69, 9.17) is 9.47 Å². The Morgan fingerprint density at radius 2 is 1.18 bits per heavy atom. The minimum atomic E-state index is -0.459. The summed E-state index contributed by atoms with van der Waals surface area (Å²) in [6.45, 7) is 10.0. The first-order chi connectivity index (χ1) is 13.2. The van der Waals surface area contributed by atoms with Crippen LogP contribution in [-0.4, -0.2) is 72.9 Å². The van der Waals surface area contributed by atoms with Crippen molar-refractivity contribution in [2.75, 3.05) is 39.4 Å². The summed E-state index contributed by atoms with van der Waals surface area (Å²) in [5.74, 6) is -1.16. The van der Waals surface area contributed by atoms with Crippen molar-refractivity contribution in [3.8, 4) is 0 Å². The summed E-state index contributed by atoms with van der Waals surface area (Å²) in [6.07, 6.45) is 0.336. The molecule has 0 aromatic carbocycles. The lowest BCUT2D eigenvalue weighted by Crippen LogP contribution is -2.31. The molecular weight excluding hydrogens is 364 g/mol. The molecule has 0 N–H and O–H groups in total. The van der Waals surface area contributed by atoms with Gasteiger partial charge in [-0.15, -0.1) is 0 Å². The molecule has 0 radical (unpaired) electrons. The van der Waals surface area contributed by atoms with Gasteiger partial charge in [0.25, 0.3) is 0 Å². The molecule has 2 fully saturated rings. The minimum Gasteiger partial charge on any atom is -0.462 e. The molecule has 0 bridgehead atoms. The number of carbonyl (C=O) groups is 4. The van der Waals surface area contributed by atoms with Crippen LogP contribution in [-0.2, 0) is 28.7 Å². The molecule has 2 aliphatic heterocycles. The molecule has 2 amide bonds. The summed E-state index contributed by atoms with van der Waals surface area (Å²) in [6, 6.07) is 0. The van der Waals surface area contributed by atoms with E-state index in [1.54, 1.807) is 9.80 Å². The Balaban J connectivity index is 1.66. The van der Waals surface area contributed by atoms with Crippen LogP contribution in [0.2, 0.25) is 0 Å². The van der Waals surface area contributed by atoms with E-state index >= 15 is 0 Å². The number of carbonyl (C=O) groups excluding carboxylic acids is 4. The van der Waals surface area contributed by atoms with Crippen LogP contribution in [0.25, 0.3) is 0 Å². The third kappa shape index (κ3) is 6.21. The highest BCUT2D eigenvalue weighted by Gasteiger charge is 2.36. The normalized spacial score (nSPS) is 22.5. The molecular formula is C20H32N2O6. The zero-order valence-electron chi connectivity index (χ0n) is 17.3. The van der Waals surface area contributed by atoms with Crippen molar-refractivity contribution >= 4 is 23.8 Å². The Morgan fingerprint density at radius 1 is 0.821 bits per heavy atom. The van der Waals surface area contributed by atoms with Gasteiger partial charge in [-0.05, 0) is 11.8 Å². The fourth-order valence-corrected chi connectivity index (χ4v) is 3.61. The molecule has 0 aromatic heterocycles. The Hall–Kier alpha value is -2.12. The fraction of sp³-hybridized carbons (Fsp3) is 0.800. The topological polar surface area (TPSA) is 93.2 Å². The first-order valence-electron chi connectivity index (χ1n) is 10.1. The van der Waals surface area contributed by atoms with Gasteiger partial charge in [0.05, 0.1) is 11.8 Å². The number of rotatable bonds is 9. The van der Waals surface area contributed by atoms with E-state index in [1.165, 1.54) is 0 Å². The second kappa shape index (κ2) is 9.89. The van der Waals surface area contributed by atoms with Gasteiger partial charge in [-0.25, -0.2) is 0 Å². The summed E-state index contributed by atoms with van der Waals surface area (Å²) < 4.78 is 10.3. The van der Waals surface area contributed by atoms with Crippen molar-refractivity contribution in [3.63, 3.8) is 0 Å². The van der Waals surface area contributed by atoms with Gasteiger partial charge in [-0.1, -0.05) is 27.7 Å². The Bertz CT molecular complexity index is 552. The number of likely N-dealkylation sites (tertiary alicyclic amines) is 2. The predicted molar refractivity (Wildman–Crippen MR) is 101 cm³/mol. The molecule has 2 aliphatic rings. The van der Waals surface area contributed by atoms with Crippen molar-refractivity contribution < 1.29 is 28.7 Å². The minimum absolute atomic E-state index is 0.0288. The summed E-state index contributed by atoms with van der Waals surface area (Å²) in [4.78, 5) is 51.5. The molecule has 2 saturated heterocycles. The maximum Gasteiger partial charge on any atom is 0.311 e. The van der Waals surface area contributed by atoms with Gasteiger partial charge in [-0.3, -0.25) is 19.2 Å². The molecule has 2 unspecified atom stereocenters. The maximum absolute atomic E-state index is 12.1. The second-order valence-corrected chi connectivity index (χ2v) is 8.52. The maximum atomic E-state index is 12.1. The molecule has 0 aromatic rings. The first kappa shape index (κ1) is 22.2. The average Bonchev–Trinajstić information content (AvgIpc) is 3.14. The third-order valence-corrected chi connectivity index (χ3v) is 4.84. The van der Waals surface area contributed by atoms with Gasteiger partial charge >= 0.3 is 11.9 Å². The Labute approximate surface area is 166 Å². The molecule has 8 heteroatoms. The summed E-state index contributed by atoms with van der Waals surface area (Å²) in [5, 5.41) is 0. The number of hydrogen-bond acceptors (Lipinski definition) is 6. The lowest BCUT2D eigenvalue weighted by molar-refractivity contribution is -0.157. The highest BCUT2D eigenvalue weighted by molar-refractivity contribution is 5.87. The third-order valence-electron chi connectivity index (χ3n) is 4.84. The summed E-state index contributed by atoms with van der Waals surface area (Å²) in [5.41, 5.74) is 0. The first-order valence-corrected chi connectivity index (χ1v) is 10.1. The van der Waals surface area contributed by atoms with Crippen LogP contribution in [0.4, 0.5) is 0 Å². The van der Waals surface area contributed by atoms with E-state index in [2.05, 4.69) is 0 Å². The summed E-state index contributed by atoms with van der Waals surface area (Å²) in [7, 11) is 0. The van der Waals surface area contributed by atoms with E-state index < -0.39 is 23.8 Å². The number of amides is 2. The van der Waals surface area contributed by atoms with Crippen molar-refractivity contribution in [1.82, 2.24) is 9.80 Å². The van der Waals surface area contributed by atoms with E-state index in [0.29, 0.717) is 38.0 Å². The molecule has 0 saturated carbocycles. The zero-order valence-corrected chi connectivity index (χ0v) is 17.3. The molecule has 2 heterocycles. The molecule has 2 atom stereocenters. The number of esters is 2. The lowest BCUT2D eigenvalue weighted by atomic mass is 10.1. The number of hydrogen-bond donors (Lipinski definition) is 0. The van der Waals surface area contributed by atoms with Crippen LogP contribution in [0.5, 0.6) is 0 Å². The van der Waals surface area contributed by atoms with Crippen LogP contribution in [0, 0.1) is 23.7 Å². The van der Waals surface area contributed by atoms with Gasteiger partial charge in [0.1, 0.15) is 13.2 Å². The van der Waals surface area contributed by atoms with Gasteiger partial charge in [-0.2, -0.15) is 0 Å². The summed E-state index contributed by atoms with van der Waals surface area (Å²) >= 11 is 0. The Kier molecular flexibility index (Phi) is 7.83. The van der Waals surface area contributed by atoms with Crippen LogP contribution in [0.3, 0.4) is 0 Å². The number of ether oxygens (including phenoxy) is 2. The van der Waals surface area contributed by atoms with Crippen LogP contribution >= 0.6 is 0 Å². The van der Waals surface area contributed by atoms with Crippen LogP contribution in [0.1, 0.15) is 40.5 Å². The smallest absolute Gasteiger partial charge is 0.311 e. The van der Waals surface area contributed by atoms with E-state index in [9.17, 15) is 19.2 Å². The largest absolute Gasteiger partial charge is 0.462 e. The molecule has 0 spiro atoms. The van der Waals surface area contributed by atoms with Crippen molar-refractivity contribution in [2.24, 2.45) is 23.7 Å². The van der Waals surface area contributed by atoms with Gasteiger partial charge in [0.2, 0.25) is 11.8 Å². The fourth-order valence-electron chi connectivity index (χ4n) is 3.61. The van der Waals surface area contributed by atoms with Gasteiger partial charge < -0.3 is 19.3 Å². The molecule has 28 heavy (non-hydrogen) atoms. The highest BCUT2D eigenvalue weighted by atomic mass is 16.6. The van der Waals surface area contributed by atoms with Crippen LogP contribution < -0.4 is 0 Å². The van der Waals surface area contributed by atoms with Crippen molar-refractivity contribution in [3.05, 3.63) is 0 Å². The SMILES string of the molecule is CC(C)CN1CC(C(=O)OCCOC(=O)C2CC(=O)N(CC(C)C)C2)CC1=O. The quantitative estimate of drug-likeness (QED) is 0.428. The predicted octanol–water partition coefficient (Wildman–Crippen LogP) is 1.08. The Morgan fingerprint density at radius 3 is 1.50 bits per heavy atom. The molecule has 2 rings (SSSR count). The monoisotopic (exact) mass is 396 g/mol. The zero-order chi connectivity index (χ0) is 20.8. The second-order valence-electron chi connectivity index (χ2n) is 8.52. The van der Waals surface area contributed by atoms with Gasteiger partial charge in [0.15, 0.2) is 0 Å². The van der Waals surface area contributed by atoms with Crippen molar-refractivity contribution in [2.45, 2.75) is 40.5 Å². The van der Waals surface area contributed by atoms with Gasteiger partial charge in [0, 0.05) is 39.0 Å². The molecule has 158 valence electrons. The lowest BCUT2D eigenvalue weighted by Gasteiger charge is -2.18. The number of nitrogens with zero attached hydrogens (tertiary/aromatic N) is 2. The highest BCUT2D eigenvalue weighted by Crippen LogP contribution is 2.21. The average molecular weight is 396 g/mol. The van der Waals surface area contributed by atoms with Crippen LogP contribution in [0.15, 0.2) is 0 Å².